The second-order valence-electron chi connectivity index (χ2n) is 2.93. The molecule has 0 aliphatic carbocycles. The zero-order chi connectivity index (χ0) is 9.30. The molecule has 1 rings (SSSR count). The summed E-state index contributed by atoms with van der Waals surface area (Å²) in [6.45, 7) is 1.96. The smallest absolute Gasteiger partial charge is 0.258 e. The van der Waals surface area contributed by atoms with Crippen molar-refractivity contribution in [3.8, 4) is 0 Å². The quantitative estimate of drug-likeness (QED) is 0.544. The van der Waals surface area contributed by atoms with Gasteiger partial charge in [0.2, 0.25) is 0 Å². The van der Waals surface area contributed by atoms with Gasteiger partial charge in [-0.1, -0.05) is 0 Å². The van der Waals surface area contributed by atoms with E-state index in [2.05, 4.69) is 0 Å². The molecular weight excluding hydrogens is 156 g/mol. The lowest BCUT2D eigenvalue weighted by Gasteiger charge is -2.24. The molecule has 12 heavy (non-hydrogen) atoms. The van der Waals surface area contributed by atoms with Crippen LogP contribution in [-0.4, -0.2) is 30.2 Å². The van der Waals surface area contributed by atoms with E-state index in [-0.39, 0.29) is 17.3 Å². The fourth-order valence-electron chi connectivity index (χ4n) is 1.22. The predicted octanol–water partition coefficient (Wildman–Crippen LogP) is -0.350. The number of amides is 1. The lowest BCUT2D eigenvalue weighted by atomic mass is 10.0. The zero-order valence-corrected chi connectivity index (χ0v) is 7.26. The van der Waals surface area contributed by atoms with Gasteiger partial charge < -0.3 is 10.6 Å². The average molecular weight is 168 g/mol. The molecule has 1 aliphatic heterocycles. The van der Waals surface area contributed by atoms with Crippen LogP contribution in [0.15, 0.2) is 11.3 Å². The van der Waals surface area contributed by atoms with E-state index < -0.39 is 0 Å². The van der Waals surface area contributed by atoms with Crippen LogP contribution in [0, 0.1) is 0 Å². The summed E-state index contributed by atoms with van der Waals surface area (Å²) in [6, 6.07) is 0. The number of nitrogens with zero attached hydrogens (tertiary/aromatic N) is 1. The topological polar surface area (TPSA) is 63.4 Å². The van der Waals surface area contributed by atoms with Crippen molar-refractivity contribution in [2.45, 2.75) is 13.3 Å². The summed E-state index contributed by atoms with van der Waals surface area (Å²) in [5.41, 5.74) is 6.12. The third kappa shape index (κ3) is 1.32. The zero-order valence-electron chi connectivity index (χ0n) is 7.26. The van der Waals surface area contributed by atoms with Crippen LogP contribution >= 0.6 is 0 Å². The van der Waals surface area contributed by atoms with E-state index in [1.54, 1.807) is 7.05 Å². The van der Waals surface area contributed by atoms with Gasteiger partial charge in [-0.25, -0.2) is 0 Å². The second kappa shape index (κ2) is 2.97. The summed E-state index contributed by atoms with van der Waals surface area (Å²) in [5, 5.41) is 0. The molecule has 2 N–H and O–H groups in total. The van der Waals surface area contributed by atoms with Gasteiger partial charge in [0.15, 0.2) is 5.78 Å². The summed E-state index contributed by atoms with van der Waals surface area (Å²) in [7, 11) is 1.66. The number of hydrogen-bond acceptors (Lipinski definition) is 3. The van der Waals surface area contributed by atoms with Gasteiger partial charge in [0.25, 0.3) is 5.91 Å². The predicted molar refractivity (Wildman–Crippen MR) is 44.1 cm³/mol. The van der Waals surface area contributed by atoms with E-state index in [9.17, 15) is 9.59 Å². The Hall–Kier alpha value is -1.32. The van der Waals surface area contributed by atoms with Crippen LogP contribution in [0.25, 0.3) is 0 Å². The van der Waals surface area contributed by atoms with E-state index in [0.717, 1.165) is 0 Å². The van der Waals surface area contributed by atoms with Crippen molar-refractivity contribution in [1.29, 1.82) is 0 Å². The van der Waals surface area contributed by atoms with Crippen LogP contribution < -0.4 is 5.73 Å². The minimum Gasteiger partial charge on any atom is -0.401 e. The Bertz CT molecular complexity index is 268. The van der Waals surface area contributed by atoms with Crippen LogP contribution in [0.1, 0.15) is 13.3 Å². The minimum absolute atomic E-state index is 0.156. The first-order chi connectivity index (χ1) is 5.54. The van der Waals surface area contributed by atoms with Gasteiger partial charge in [-0.3, -0.25) is 9.59 Å². The summed E-state index contributed by atoms with van der Waals surface area (Å²) in [5.74, 6) is -0.504. The van der Waals surface area contributed by atoms with E-state index in [1.165, 1.54) is 11.8 Å². The van der Waals surface area contributed by atoms with Gasteiger partial charge in [-0.2, -0.15) is 0 Å². The summed E-state index contributed by atoms with van der Waals surface area (Å²) >= 11 is 0. The molecule has 0 saturated carbocycles. The Morgan fingerprint density at radius 3 is 2.58 bits per heavy atom. The molecule has 0 bridgehead atoms. The number of nitrogens with two attached hydrogens (primary N) is 1. The van der Waals surface area contributed by atoms with Gasteiger partial charge >= 0.3 is 0 Å². The number of carbonyl (C=O) groups excluding carboxylic acids is 2. The molecular formula is C8H12N2O2. The molecule has 0 spiro atoms. The standard InChI is InChI=1S/C8H12N2O2/c1-5(11)7-6(9)3-4-10(2)8(7)12/h3-4,9H2,1-2H3. The van der Waals surface area contributed by atoms with Gasteiger partial charge in [0.05, 0.1) is 0 Å². The van der Waals surface area contributed by atoms with Crippen molar-refractivity contribution in [2.24, 2.45) is 5.73 Å². The molecule has 4 nitrogen and oxygen atoms in total. The van der Waals surface area contributed by atoms with Crippen molar-refractivity contribution in [1.82, 2.24) is 4.90 Å². The molecule has 0 radical (unpaired) electrons. The van der Waals surface area contributed by atoms with Crippen molar-refractivity contribution in [2.75, 3.05) is 13.6 Å². The van der Waals surface area contributed by atoms with Crippen molar-refractivity contribution in [3.63, 3.8) is 0 Å². The highest BCUT2D eigenvalue weighted by Gasteiger charge is 2.25. The molecule has 0 aromatic carbocycles. The van der Waals surface area contributed by atoms with Crippen LogP contribution in [0.5, 0.6) is 0 Å². The minimum atomic E-state index is -0.258. The van der Waals surface area contributed by atoms with Crippen molar-refractivity contribution >= 4 is 11.7 Å². The summed E-state index contributed by atoms with van der Waals surface area (Å²) in [6.07, 6.45) is 0.594. The first kappa shape index (κ1) is 8.77. The molecule has 66 valence electrons. The van der Waals surface area contributed by atoms with Gasteiger partial charge in [0.1, 0.15) is 5.57 Å². The van der Waals surface area contributed by atoms with Gasteiger partial charge in [0, 0.05) is 25.7 Å². The summed E-state index contributed by atoms with van der Waals surface area (Å²) < 4.78 is 0. The molecule has 0 saturated heterocycles. The Labute approximate surface area is 71.0 Å². The van der Waals surface area contributed by atoms with Crippen LogP contribution in [0.4, 0.5) is 0 Å². The van der Waals surface area contributed by atoms with Gasteiger partial charge in [-0.05, 0) is 6.92 Å². The lowest BCUT2D eigenvalue weighted by molar-refractivity contribution is -0.129. The monoisotopic (exact) mass is 168 g/mol. The molecule has 1 aliphatic rings. The van der Waals surface area contributed by atoms with Crippen LogP contribution in [0.2, 0.25) is 0 Å². The van der Waals surface area contributed by atoms with Crippen molar-refractivity contribution < 1.29 is 9.59 Å². The highest BCUT2D eigenvalue weighted by atomic mass is 16.2. The molecule has 1 amide bonds. The average Bonchev–Trinajstić information content (AvgIpc) is 1.97. The number of carbonyl (C=O) groups is 2. The van der Waals surface area contributed by atoms with E-state index >= 15 is 0 Å². The largest absolute Gasteiger partial charge is 0.401 e. The highest BCUT2D eigenvalue weighted by Crippen LogP contribution is 2.14. The number of hydrogen-bond donors (Lipinski definition) is 1. The highest BCUT2D eigenvalue weighted by molar-refractivity contribution is 6.19. The molecule has 1 heterocycles. The van der Waals surface area contributed by atoms with E-state index in [0.29, 0.717) is 18.7 Å². The first-order valence-electron chi connectivity index (χ1n) is 3.79. The molecule has 0 atom stereocenters. The Morgan fingerprint density at radius 2 is 2.17 bits per heavy atom. The fraction of sp³-hybridized carbons (Fsp3) is 0.500. The molecule has 0 fully saturated rings. The number of rotatable bonds is 1. The maximum Gasteiger partial charge on any atom is 0.258 e. The summed E-state index contributed by atoms with van der Waals surface area (Å²) in [4.78, 5) is 23.8. The van der Waals surface area contributed by atoms with E-state index in [4.69, 9.17) is 5.73 Å². The maximum absolute atomic E-state index is 11.3. The SMILES string of the molecule is CC(=O)C1=C(N)CCN(C)C1=O. The fourth-order valence-corrected chi connectivity index (χ4v) is 1.22. The van der Waals surface area contributed by atoms with Crippen LogP contribution in [-0.2, 0) is 9.59 Å². The number of likely N-dealkylation sites (N-methyl/N-ethyl adjacent to an activating group) is 1. The maximum atomic E-state index is 11.3. The van der Waals surface area contributed by atoms with E-state index in [1.807, 2.05) is 0 Å². The van der Waals surface area contributed by atoms with Gasteiger partial charge in [-0.15, -0.1) is 0 Å². The third-order valence-electron chi connectivity index (χ3n) is 1.95. The number of Topliss-reactive ketones (excluding diaryl/α,β-unsaturated/α-hetero) is 1. The third-order valence-corrected chi connectivity index (χ3v) is 1.95. The Morgan fingerprint density at radius 1 is 1.58 bits per heavy atom. The number of ketones is 1. The first-order valence-corrected chi connectivity index (χ1v) is 3.79. The van der Waals surface area contributed by atoms with Crippen LogP contribution in [0.3, 0.4) is 0 Å². The Balaban J connectivity index is 3.05. The second-order valence-corrected chi connectivity index (χ2v) is 2.93. The normalized spacial score (nSPS) is 18.5. The Kier molecular flexibility index (Phi) is 2.17. The molecule has 0 unspecified atom stereocenters. The molecule has 4 heteroatoms. The lowest BCUT2D eigenvalue weighted by Crippen LogP contribution is -2.37. The molecule has 0 aromatic heterocycles. The van der Waals surface area contributed by atoms with Crippen molar-refractivity contribution in [3.05, 3.63) is 11.3 Å². The molecule has 0 aromatic rings.